The lowest BCUT2D eigenvalue weighted by molar-refractivity contribution is 0.0906. The van der Waals surface area contributed by atoms with Crippen LogP contribution in [-0.2, 0) is 14.8 Å². The molecule has 7 nitrogen and oxygen atoms in total. The van der Waals surface area contributed by atoms with Crippen molar-refractivity contribution in [2.75, 3.05) is 43.4 Å². The Balaban J connectivity index is 1.59. The third-order valence-corrected chi connectivity index (χ3v) is 5.81. The molecule has 132 valence electrons. The molecule has 8 heteroatoms. The Morgan fingerprint density at radius 1 is 1.21 bits per heavy atom. The number of oxazole rings is 1. The molecule has 1 aromatic carbocycles. The van der Waals surface area contributed by atoms with E-state index < -0.39 is 10.0 Å². The van der Waals surface area contributed by atoms with E-state index in [-0.39, 0.29) is 18.5 Å². The summed E-state index contributed by atoms with van der Waals surface area (Å²) < 4.78 is 37.3. The van der Waals surface area contributed by atoms with Crippen molar-refractivity contribution < 1.29 is 17.6 Å². The molecule has 1 aliphatic heterocycles. The van der Waals surface area contributed by atoms with Gasteiger partial charge in [0.2, 0.25) is 10.0 Å². The highest BCUT2D eigenvalue weighted by Crippen LogP contribution is 2.23. The molecule has 0 bridgehead atoms. The van der Waals surface area contributed by atoms with Gasteiger partial charge < -0.3 is 14.1 Å². The third-order valence-electron chi connectivity index (χ3n) is 3.98. The molecule has 0 unspecified atom stereocenters. The highest BCUT2D eigenvalue weighted by molar-refractivity contribution is 7.89. The molecule has 0 spiro atoms. The van der Waals surface area contributed by atoms with Gasteiger partial charge in [0.15, 0.2) is 5.58 Å². The van der Waals surface area contributed by atoms with Crippen molar-refractivity contribution in [2.24, 2.45) is 0 Å². The molecule has 2 aromatic rings. The van der Waals surface area contributed by atoms with Gasteiger partial charge in [-0.3, -0.25) is 0 Å². The third kappa shape index (κ3) is 3.88. The number of fused-ring (bicyclic) bond motifs is 1. The van der Waals surface area contributed by atoms with Gasteiger partial charge >= 0.3 is 0 Å². The molecule has 3 rings (SSSR count). The summed E-state index contributed by atoms with van der Waals surface area (Å²) in [6, 6.07) is 8.15. The van der Waals surface area contributed by atoms with Crippen LogP contribution in [0.2, 0.25) is 0 Å². The highest BCUT2D eigenvalue weighted by Gasteiger charge is 2.28. The minimum atomic E-state index is -3.28. The fourth-order valence-electron chi connectivity index (χ4n) is 2.67. The van der Waals surface area contributed by atoms with Crippen molar-refractivity contribution in [3.63, 3.8) is 0 Å². The average Bonchev–Trinajstić information content (AvgIpc) is 2.98. The summed E-state index contributed by atoms with van der Waals surface area (Å²) in [4.78, 5) is 6.45. The summed E-state index contributed by atoms with van der Waals surface area (Å²) in [5.74, 6) is 0.0219. The number of rotatable bonds is 6. The second kappa shape index (κ2) is 7.08. The maximum absolute atomic E-state index is 12.3. The first-order valence-corrected chi connectivity index (χ1v) is 9.76. The van der Waals surface area contributed by atoms with Crippen LogP contribution in [0.15, 0.2) is 28.7 Å². The summed E-state index contributed by atoms with van der Waals surface area (Å²) in [7, 11) is -3.28. The summed E-state index contributed by atoms with van der Waals surface area (Å²) in [6.45, 7) is 6.02. The van der Waals surface area contributed by atoms with E-state index in [4.69, 9.17) is 9.15 Å². The number of sulfonamides is 1. The Labute approximate surface area is 142 Å². The number of anilines is 1. The largest absolute Gasteiger partial charge is 0.423 e. The van der Waals surface area contributed by atoms with Gasteiger partial charge in [-0.05, 0) is 26.0 Å². The Kier molecular flexibility index (Phi) is 5.07. The van der Waals surface area contributed by atoms with Crippen LogP contribution in [0, 0.1) is 0 Å². The molecule has 1 fully saturated rings. The number of nitrogens with zero attached hydrogens (tertiary/aromatic N) is 3. The number of hydrogen-bond acceptors (Lipinski definition) is 6. The Hall–Kier alpha value is -1.64. The molecule has 0 aliphatic carbocycles. The van der Waals surface area contributed by atoms with Crippen molar-refractivity contribution in [1.82, 2.24) is 9.29 Å². The zero-order valence-electron chi connectivity index (χ0n) is 14.0. The quantitative estimate of drug-likeness (QED) is 0.787. The molecule has 0 saturated carbocycles. The molecular weight excluding hydrogens is 330 g/mol. The zero-order chi connectivity index (χ0) is 17.2. The number of benzene rings is 1. The Morgan fingerprint density at radius 3 is 2.58 bits per heavy atom. The van der Waals surface area contributed by atoms with Gasteiger partial charge in [-0.25, -0.2) is 8.42 Å². The summed E-state index contributed by atoms with van der Waals surface area (Å²) >= 11 is 0. The molecule has 1 aromatic heterocycles. The second-order valence-electron chi connectivity index (χ2n) is 6.09. The monoisotopic (exact) mass is 353 g/mol. The fourth-order valence-corrected chi connectivity index (χ4v) is 3.96. The Morgan fingerprint density at radius 2 is 1.92 bits per heavy atom. The lowest BCUT2D eigenvalue weighted by Gasteiger charge is -2.33. The number of aromatic nitrogens is 1. The van der Waals surface area contributed by atoms with Crippen LogP contribution < -0.4 is 4.90 Å². The van der Waals surface area contributed by atoms with Crippen molar-refractivity contribution >= 4 is 27.1 Å². The second-order valence-corrected chi connectivity index (χ2v) is 8.17. The summed E-state index contributed by atoms with van der Waals surface area (Å²) in [6.07, 6.45) is 0.0382. The smallest absolute Gasteiger partial charge is 0.298 e. The molecule has 0 amide bonds. The minimum absolute atomic E-state index is 0.0219. The first-order valence-electron chi connectivity index (χ1n) is 8.15. The Bertz CT molecular complexity index is 746. The van der Waals surface area contributed by atoms with Gasteiger partial charge in [0.25, 0.3) is 6.01 Å². The molecule has 1 aliphatic rings. The van der Waals surface area contributed by atoms with Gasteiger partial charge in [-0.15, -0.1) is 0 Å². The number of para-hydroxylation sites is 2. The molecule has 1 saturated heterocycles. The van der Waals surface area contributed by atoms with Crippen LogP contribution in [0.1, 0.15) is 13.8 Å². The van der Waals surface area contributed by atoms with Gasteiger partial charge in [0, 0.05) is 26.2 Å². The van der Waals surface area contributed by atoms with Crippen LogP contribution in [0.25, 0.3) is 11.1 Å². The summed E-state index contributed by atoms with van der Waals surface area (Å²) in [5, 5.41) is 0. The van der Waals surface area contributed by atoms with E-state index >= 15 is 0 Å². The molecule has 2 heterocycles. The van der Waals surface area contributed by atoms with E-state index in [9.17, 15) is 8.42 Å². The SMILES string of the molecule is CC(C)OCCS(=O)(=O)N1CCN(c2nc3ccccc3o2)CC1. The van der Waals surface area contributed by atoms with Crippen LogP contribution in [0.4, 0.5) is 6.01 Å². The lowest BCUT2D eigenvalue weighted by atomic mass is 10.3. The van der Waals surface area contributed by atoms with Gasteiger partial charge in [-0.2, -0.15) is 9.29 Å². The predicted molar refractivity (Wildman–Crippen MR) is 92.7 cm³/mol. The minimum Gasteiger partial charge on any atom is -0.423 e. The van der Waals surface area contributed by atoms with Crippen molar-refractivity contribution in [3.8, 4) is 0 Å². The average molecular weight is 353 g/mol. The van der Waals surface area contributed by atoms with Gasteiger partial charge in [-0.1, -0.05) is 12.1 Å². The van der Waals surface area contributed by atoms with Crippen molar-refractivity contribution in [2.45, 2.75) is 20.0 Å². The number of piperazine rings is 1. The van der Waals surface area contributed by atoms with Crippen LogP contribution >= 0.6 is 0 Å². The van der Waals surface area contributed by atoms with Crippen LogP contribution in [0.3, 0.4) is 0 Å². The van der Waals surface area contributed by atoms with E-state index in [2.05, 4.69) is 4.98 Å². The van der Waals surface area contributed by atoms with Gasteiger partial charge in [0.1, 0.15) is 5.52 Å². The maximum atomic E-state index is 12.3. The van der Waals surface area contributed by atoms with E-state index in [1.165, 1.54) is 4.31 Å². The first-order chi connectivity index (χ1) is 11.5. The number of ether oxygens (including phenoxy) is 1. The first kappa shape index (κ1) is 17.2. The molecule has 0 radical (unpaired) electrons. The maximum Gasteiger partial charge on any atom is 0.298 e. The van der Waals surface area contributed by atoms with Crippen molar-refractivity contribution in [3.05, 3.63) is 24.3 Å². The number of hydrogen-bond donors (Lipinski definition) is 0. The standard InChI is InChI=1S/C16H23N3O4S/c1-13(2)22-11-12-24(20,21)19-9-7-18(8-10-19)16-17-14-5-3-4-6-15(14)23-16/h3-6,13H,7-12H2,1-2H3. The van der Waals surface area contributed by atoms with Gasteiger partial charge in [0.05, 0.1) is 18.5 Å². The van der Waals surface area contributed by atoms with E-state index in [1.807, 2.05) is 43.0 Å². The van der Waals surface area contributed by atoms with E-state index in [0.29, 0.717) is 32.2 Å². The summed E-state index contributed by atoms with van der Waals surface area (Å²) in [5.41, 5.74) is 1.56. The van der Waals surface area contributed by atoms with Crippen molar-refractivity contribution in [1.29, 1.82) is 0 Å². The normalized spacial score (nSPS) is 17.0. The highest BCUT2D eigenvalue weighted by atomic mass is 32.2. The van der Waals surface area contributed by atoms with E-state index in [1.54, 1.807) is 0 Å². The predicted octanol–water partition coefficient (Wildman–Crippen LogP) is 1.70. The van der Waals surface area contributed by atoms with E-state index in [0.717, 1.165) is 11.1 Å². The van der Waals surface area contributed by atoms with Crippen LogP contribution in [-0.4, -0.2) is 62.3 Å². The zero-order valence-corrected chi connectivity index (χ0v) is 14.8. The molecular formula is C16H23N3O4S. The fraction of sp³-hybridized carbons (Fsp3) is 0.562. The topological polar surface area (TPSA) is 75.9 Å². The molecule has 0 atom stereocenters. The van der Waals surface area contributed by atoms with Crippen LogP contribution in [0.5, 0.6) is 0 Å². The lowest BCUT2D eigenvalue weighted by Crippen LogP contribution is -2.49. The molecule has 24 heavy (non-hydrogen) atoms. The molecule has 0 N–H and O–H groups in total.